The minimum absolute atomic E-state index is 0.116. The number of anilines is 3. The fourth-order valence-electron chi connectivity index (χ4n) is 6.14. The third-order valence-corrected chi connectivity index (χ3v) is 7.97. The summed E-state index contributed by atoms with van der Waals surface area (Å²) in [5.74, 6) is 0. The van der Waals surface area contributed by atoms with Gasteiger partial charge in [0.15, 0.2) is 11.4 Å². The summed E-state index contributed by atoms with van der Waals surface area (Å²) >= 11 is 0. The van der Waals surface area contributed by atoms with E-state index in [0.717, 1.165) is 33.2 Å². The largest absolute Gasteiger partial charge is 0.310 e. The highest BCUT2D eigenvalue weighted by molar-refractivity contribution is 6.11. The number of para-hydroxylation sites is 2. The monoisotopic (exact) mass is 500 g/mol. The fraction of sp³-hybridized carbons (Fsp3) is 0.0857. The van der Waals surface area contributed by atoms with Crippen LogP contribution in [-0.4, -0.2) is 4.57 Å². The third-order valence-electron chi connectivity index (χ3n) is 7.97. The smallest absolute Gasteiger partial charge is 0.188 e. The highest BCUT2D eigenvalue weighted by atomic mass is 15.2. The van der Waals surface area contributed by atoms with Gasteiger partial charge in [-0.05, 0) is 76.5 Å². The minimum Gasteiger partial charge on any atom is -0.310 e. The normalized spacial score (nSPS) is 13.5. The van der Waals surface area contributed by atoms with E-state index in [1.807, 2.05) is 36.4 Å². The molecular weight excluding hydrogens is 476 g/mol. The van der Waals surface area contributed by atoms with Crippen LogP contribution in [0.1, 0.15) is 25.0 Å². The number of nitrogens with zero attached hydrogens (tertiary/aromatic N) is 4. The van der Waals surface area contributed by atoms with Gasteiger partial charge >= 0.3 is 0 Å². The zero-order valence-corrected chi connectivity index (χ0v) is 21.7. The molecule has 0 unspecified atom stereocenters. The second kappa shape index (κ2) is 8.35. The van der Waals surface area contributed by atoms with Gasteiger partial charge in [0.25, 0.3) is 0 Å². The molecule has 39 heavy (non-hydrogen) atoms. The lowest BCUT2D eigenvalue weighted by atomic mass is 9.73. The Kier molecular flexibility index (Phi) is 4.89. The summed E-state index contributed by atoms with van der Waals surface area (Å²) in [6.45, 7) is 19.7. The first-order valence-electron chi connectivity index (χ1n) is 12.9. The van der Waals surface area contributed by atoms with Gasteiger partial charge in [-0.1, -0.05) is 68.4 Å². The lowest BCUT2D eigenvalue weighted by Gasteiger charge is -2.42. The third kappa shape index (κ3) is 3.29. The summed E-state index contributed by atoms with van der Waals surface area (Å²) in [4.78, 5) is 9.67. The Morgan fingerprint density at radius 2 is 1.08 bits per heavy atom. The van der Waals surface area contributed by atoms with Gasteiger partial charge in [-0.15, -0.1) is 0 Å². The van der Waals surface area contributed by atoms with Crippen LogP contribution < -0.4 is 4.90 Å². The van der Waals surface area contributed by atoms with Crippen LogP contribution in [0.25, 0.3) is 37.2 Å². The molecule has 0 N–H and O–H groups in total. The maximum atomic E-state index is 7.53. The predicted molar refractivity (Wildman–Crippen MR) is 160 cm³/mol. The molecule has 1 aliphatic rings. The molecule has 0 bridgehead atoms. The summed E-state index contributed by atoms with van der Waals surface area (Å²) in [5, 5.41) is 1.95. The van der Waals surface area contributed by atoms with Crippen molar-refractivity contribution in [3.63, 3.8) is 0 Å². The molecular formula is C35H24N4. The molecule has 1 aliphatic heterocycles. The van der Waals surface area contributed by atoms with E-state index in [2.05, 4.69) is 106 Å². The van der Waals surface area contributed by atoms with Gasteiger partial charge in [0.1, 0.15) is 0 Å². The van der Waals surface area contributed by atoms with Gasteiger partial charge in [0.2, 0.25) is 0 Å². The molecule has 1 aromatic heterocycles. The Morgan fingerprint density at radius 3 is 1.62 bits per heavy atom. The predicted octanol–water partition coefficient (Wildman–Crippen LogP) is 9.99. The number of hydrogen-bond acceptors (Lipinski definition) is 1. The van der Waals surface area contributed by atoms with Crippen LogP contribution >= 0.6 is 0 Å². The van der Waals surface area contributed by atoms with E-state index in [1.165, 1.54) is 22.5 Å². The van der Waals surface area contributed by atoms with Crippen molar-refractivity contribution in [3.05, 3.63) is 143 Å². The Balaban J connectivity index is 1.49. The van der Waals surface area contributed by atoms with Gasteiger partial charge in [0, 0.05) is 16.8 Å². The first kappa shape index (κ1) is 22.8. The maximum absolute atomic E-state index is 7.53. The molecule has 0 saturated carbocycles. The Labute approximate surface area is 227 Å². The van der Waals surface area contributed by atoms with E-state index in [0.29, 0.717) is 11.4 Å². The van der Waals surface area contributed by atoms with Crippen LogP contribution in [0.5, 0.6) is 0 Å². The highest BCUT2D eigenvalue weighted by Crippen LogP contribution is 2.51. The second-order valence-electron chi connectivity index (χ2n) is 10.5. The molecule has 0 aliphatic carbocycles. The topological polar surface area (TPSA) is 16.9 Å². The van der Waals surface area contributed by atoms with Crippen molar-refractivity contribution in [2.45, 2.75) is 19.3 Å². The van der Waals surface area contributed by atoms with E-state index in [1.54, 1.807) is 0 Å². The van der Waals surface area contributed by atoms with Gasteiger partial charge in [-0.2, -0.15) is 0 Å². The first-order chi connectivity index (χ1) is 19.0. The van der Waals surface area contributed by atoms with Crippen LogP contribution in [0.2, 0.25) is 0 Å². The second-order valence-corrected chi connectivity index (χ2v) is 10.5. The van der Waals surface area contributed by atoms with E-state index in [4.69, 9.17) is 13.1 Å². The number of aromatic nitrogens is 1. The van der Waals surface area contributed by atoms with Crippen LogP contribution in [0.4, 0.5) is 28.4 Å². The van der Waals surface area contributed by atoms with Gasteiger partial charge in [-0.25, -0.2) is 9.69 Å². The quantitative estimate of drug-likeness (QED) is 0.216. The van der Waals surface area contributed by atoms with Crippen molar-refractivity contribution in [1.29, 1.82) is 0 Å². The molecule has 0 fully saturated rings. The van der Waals surface area contributed by atoms with Gasteiger partial charge < -0.3 is 9.47 Å². The lowest BCUT2D eigenvalue weighted by molar-refractivity contribution is 0.632. The molecule has 2 heterocycles. The number of rotatable bonds is 2. The van der Waals surface area contributed by atoms with Crippen molar-refractivity contribution in [2.75, 3.05) is 4.90 Å². The Morgan fingerprint density at radius 1 is 0.564 bits per heavy atom. The number of hydrogen-bond donors (Lipinski definition) is 0. The molecule has 0 amide bonds. The van der Waals surface area contributed by atoms with E-state index >= 15 is 0 Å². The molecule has 184 valence electrons. The molecule has 4 heteroatoms. The van der Waals surface area contributed by atoms with Crippen molar-refractivity contribution < 1.29 is 0 Å². The van der Waals surface area contributed by atoms with Crippen molar-refractivity contribution in [3.8, 4) is 5.69 Å². The van der Waals surface area contributed by atoms with Crippen LogP contribution in [0.3, 0.4) is 0 Å². The molecule has 5 aromatic carbocycles. The SMILES string of the molecule is [C-]#[N+]c1ccc2c(c1)c1cc([N+]#[C-])ccc1n2-c1cccc(N2c3ccccc3C(C)(C)c3ccccc32)c1. The van der Waals surface area contributed by atoms with Crippen molar-refractivity contribution >= 4 is 50.2 Å². The zero-order chi connectivity index (χ0) is 26.7. The van der Waals surface area contributed by atoms with Crippen molar-refractivity contribution in [2.24, 2.45) is 0 Å². The van der Waals surface area contributed by atoms with Crippen molar-refractivity contribution in [1.82, 2.24) is 4.57 Å². The Bertz CT molecular complexity index is 1910. The average Bonchev–Trinajstić information content (AvgIpc) is 3.30. The lowest BCUT2D eigenvalue weighted by Crippen LogP contribution is -2.30. The van der Waals surface area contributed by atoms with Gasteiger partial charge in [-0.3, -0.25) is 0 Å². The molecule has 0 spiro atoms. The van der Waals surface area contributed by atoms with Gasteiger partial charge in [0.05, 0.1) is 35.6 Å². The molecule has 0 atom stereocenters. The maximum Gasteiger partial charge on any atom is 0.188 e. The molecule has 0 saturated heterocycles. The molecule has 6 aromatic rings. The summed E-state index contributed by atoms with van der Waals surface area (Å²) in [7, 11) is 0. The standard InChI is InChI=1S/C35H24N4/c1-35(2)29-12-5-7-14-33(29)39(34-15-8-6-13-30(34)35)26-11-9-10-25(22-26)38-31-18-16-23(36-3)20-27(31)28-21-24(37-4)17-19-32(28)38/h5-22H,1-2H3. The van der Waals surface area contributed by atoms with Crippen LogP contribution in [-0.2, 0) is 5.41 Å². The molecule has 0 radical (unpaired) electrons. The van der Waals surface area contributed by atoms with Crippen LogP contribution in [0, 0.1) is 13.1 Å². The van der Waals surface area contributed by atoms with E-state index in [-0.39, 0.29) is 5.41 Å². The number of benzene rings is 5. The minimum atomic E-state index is -0.116. The molecule has 4 nitrogen and oxygen atoms in total. The average molecular weight is 501 g/mol. The fourth-order valence-corrected chi connectivity index (χ4v) is 6.14. The summed E-state index contributed by atoms with van der Waals surface area (Å²) in [6, 6.07) is 37.6. The highest BCUT2D eigenvalue weighted by Gasteiger charge is 2.36. The first-order valence-corrected chi connectivity index (χ1v) is 12.9. The Hall–Kier alpha value is -5.32. The molecule has 7 rings (SSSR count). The summed E-state index contributed by atoms with van der Waals surface area (Å²) in [5.41, 5.74) is 10.2. The summed E-state index contributed by atoms with van der Waals surface area (Å²) in [6.07, 6.45) is 0. The summed E-state index contributed by atoms with van der Waals surface area (Å²) < 4.78 is 2.24. The zero-order valence-electron chi connectivity index (χ0n) is 21.7. The van der Waals surface area contributed by atoms with E-state index in [9.17, 15) is 0 Å². The number of fused-ring (bicyclic) bond motifs is 5. The van der Waals surface area contributed by atoms with Crippen LogP contribution in [0.15, 0.2) is 109 Å². The van der Waals surface area contributed by atoms with E-state index < -0.39 is 0 Å².